The van der Waals surface area contributed by atoms with Crippen molar-refractivity contribution in [3.05, 3.63) is 36.0 Å². The van der Waals surface area contributed by atoms with E-state index in [1.165, 1.54) is 0 Å². The number of ether oxygens (including phenoxy) is 1. The van der Waals surface area contributed by atoms with Crippen LogP contribution in [-0.4, -0.2) is 40.6 Å². The molecule has 0 saturated carbocycles. The second kappa shape index (κ2) is 6.30. The van der Waals surface area contributed by atoms with Gasteiger partial charge < -0.3 is 14.7 Å². The van der Waals surface area contributed by atoms with Gasteiger partial charge in [-0.2, -0.15) is 0 Å². The Morgan fingerprint density at radius 2 is 2.24 bits per heavy atom. The molecule has 5 heteroatoms. The summed E-state index contributed by atoms with van der Waals surface area (Å²) < 4.78 is 5.32. The third-order valence-electron chi connectivity index (χ3n) is 5.99. The van der Waals surface area contributed by atoms with Gasteiger partial charge in [0.2, 0.25) is 5.91 Å². The molecule has 0 aliphatic carbocycles. The number of benzene rings is 1. The van der Waals surface area contributed by atoms with Gasteiger partial charge in [-0.3, -0.25) is 9.78 Å². The maximum absolute atomic E-state index is 12.4. The number of rotatable bonds is 4. The summed E-state index contributed by atoms with van der Waals surface area (Å²) in [5, 5.41) is 12.0. The molecule has 1 N–H and O–H groups in total. The number of amides is 1. The van der Waals surface area contributed by atoms with Gasteiger partial charge >= 0.3 is 0 Å². The molecule has 2 bridgehead atoms. The van der Waals surface area contributed by atoms with Crippen LogP contribution < -0.4 is 4.74 Å². The maximum atomic E-state index is 12.4. The van der Waals surface area contributed by atoms with Gasteiger partial charge in [-0.15, -0.1) is 0 Å². The number of piperidine rings is 3. The molecule has 5 rings (SSSR count). The first kappa shape index (κ1) is 16.3. The summed E-state index contributed by atoms with van der Waals surface area (Å²) in [6, 6.07) is 7.39. The van der Waals surface area contributed by atoms with Crippen LogP contribution in [0.15, 0.2) is 30.5 Å². The molecular weight excluding hydrogens is 316 g/mol. The third-order valence-corrected chi connectivity index (χ3v) is 5.99. The molecule has 3 saturated heterocycles. The topological polar surface area (TPSA) is 62.7 Å². The van der Waals surface area contributed by atoms with Gasteiger partial charge in [0, 0.05) is 24.5 Å². The standard InChI is InChI=1S/C20H24N2O3/c1-3-12-11-22-18(8-13(12)9-19(22)23)20(24)15-6-7-21-17-5-4-14(25-2)10-16(15)17/h4-7,10,12-13,18,20,24H,3,8-9,11H2,1-2H3/t12-,13+,18-,20+/m0/s1. The summed E-state index contributed by atoms with van der Waals surface area (Å²) in [6.45, 7) is 2.96. The normalized spacial score (nSPS) is 26.9. The molecule has 3 aliphatic rings. The van der Waals surface area contributed by atoms with Crippen LogP contribution in [0.2, 0.25) is 0 Å². The zero-order valence-electron chi connectivity index (χ0n) is 14.7. The molecule has 5 nitrogen and oxygen atoms in total. The van der Waals surface area contributed by atoms with Crippen molar-refractivity contribution in [3.63, 3.8) is 0 Å². The molecule has 3 fully saturated rings. The number of methoxy groups -OCH3 is 1. The van der Waals surface area contributed by atoms with E-state index in [-0.39, 0.29) is 11.9 Å². The smallest absolute Gasteiger partial charge is 0.223 e. The molecule has 1 aromatic heterocycles. The second-order valence-corrected chi connectivity index (χ2v) is 7.21. The van der Waals surface area contributed by atoms with Crippen LogP contribution in [0.1, 0.15) is 37.9 Å². The van der Waals surface area contributed by atoms with Crippen molar-refractivity contribution in [2.75, 3.05) is 13.7 Å². The van der Waals surface area contributed by atoms with Crippen molar-refractivity contribution < 1.29 is 14.6 Å². The Balaban J connectivity index is 1.71. The van der Waals surface area contributed by atoms with Crippen molar-refractivity contribution in [2.24, 2.45) is 11.8 Å². The SMILES string of the molecule is CC[C@H]1CN2C(=O)C[C@H]1C[C@H]2[C@H](O)c1ccnc2ccc(OC)cc12. The van der Waals surface area contributed by atoms with E-state index in [2.05, 4.69) is 11.9 Å². The van der Waals surface area contributed by atoms with Crippen LogP contribution in [0, 0.1) is 11.8 Å². The first-order chi connectivity index (χ1) is 12.1. The van der Waals surface area contributed by atoms with Crippen LogP contribution >= 0.6 is 0 Å². The number of carbonyl (C=O) groups excluding carboxylic acids is 1. The zero-order chi connectivity index (χ0) is 17.6. The lowest BCUT2D eigenvalue weighted by Crippen LogP contribution is -2.58. The van der Waals surface area contributed by atoms with E-state index >= 15 is 0 Å². The van der Waals surface area contributed by atoms with E-state index < -0.39 is 6.10 Å². The minimum atomic E-state index is -0.706. The number of nitrogens with zero attached hydrogens (tertiary/aromatic N) is 2. The number of hydrogen-bond acceptors (Lipinski definition) is 4. The van der Waals surface area contributed by atoms with Crippen molar-refractivity contribution in [3.8, 4) is 5.75 Å². The highest BCUT2D eigenvalue weighted by atomic mass is 16.5. The lowest BCUT2D eigenvalue weighted by molar-refractivity contribution is -0.153. The molecule has 1 aromatic carbocycles. The number of aliphatic hydroxyl groups excluding tert-OH is 1. The molecule has 4 atom stereocenters. The second-order valence-electron chi connectivity index (χ2n) is 7.21. The summed E-state index contributed by atoms with van der Waals surface area (Å²) in [6.07, 6.45) is 3.61. The lowest BCUT2D eigenvalue weighted by Gasteiger charge is -2.50. The molecule has 0 spiro atoms. The Bertz CT molecular complexity index is 807. The van der Waals surface area contributed by atoms with E-state index in [0.717, 1.165) is 41.6 Å². The van der Waals surface area contributed by atoms with Gasteiger partial charge in [0.25, 0.3) is 0 Å². The summed E-state index contributed by atoms with van der Waals surface area (Å²) in [7, 11) is 1.63. The van der Waals surface area contributed by atoms with Crippen molar-refractivity contribution in [2.45, 2.75) is 38.3 Å². The maximum Gasteiger partial charge on any atom is 0.223 e. The molecule has 132 valence electrons. The van der Waals surface area contributed by atoms with Crippen LogP contribution in [0.4, 0.5) is 0 Å². The number of hydrogen-bond donors (Lipinski definition) is 1. The van der Waals surface area contributed by atoms with E-state index in [4.69, 9.17) is 4.74 Å². The molecule has 3 aliphatic heterocycles. The number of aromatic nitrogens is 1. The van der Waals surface area contributed by atoms with Crippen molar-refractivity contribution in [1.82, 2.24) is 9.88 Å². The molecule has 4 heterocycles. The fourth-order valence-corrected chi connectivity index (χ4v) is 4.55. The minimum Gasteiger partial charge on any atom is -0.497 e. The monoisotopic (exact) mass is 340 g/mol. The zero-order valence-corrected chi connectivity index (χ0v) is 14.7. The number of pyridine rings is 1. The lowest BCUT2D eigenvalue weighted by atomic mass is 9.72. The molecule has 25 heavy (non-hydrogen) atoms. The fraction of sp³-hybridized carbons (Fsp3) is 0.500. The van der Waals surface area contributed by atoms with Crippen LogP contribution in [0.25, 0.3) is 10.9 Å². The minimum absolute atomic E-state index is 0.147. The van der Waals surface area contributed by atoms with Crippen LogP contribution in [-0.2, 0) is 4.79 Å². The van der Waals surface area contributed by atoms with Gasteiger partial charge in [0.05, 0.1) is 18.7 Å². The average Bonchev–Trinajstić information content (AvgIpc) is 2.66. The van der Waals surface area contributed by atoms with Crippen molar-refractivity contribution >= 4 is 16.8 Å². The fourth-order valence-electron chi connectivity index (χ4n) is 4.55. The first-order valence-electron chi connectivity index (χ1n) is 9.02. The molecule has 1 amide bonds. The largest absolute Gasteiger partial charge is 0.497 e. The Hall–Kier alpha value is -2.14. The third kappa shape index (κ3) is 2.67. The van der Waals surface area contributed by atoms with Gasteiger partial charge in [-0.25, -0.2) is 0 Å². The highest BCUT2D eigenvalue weighted by Gasteiger charge is 2.46. The molecule has 0 radical (unpaired) electrons. The Kier molecular flexibility index (Phi) is 4.12. The molecular formula is C20H24N2O3. The Labute approximate surface area is 147 Å². The highest BCUT2D eigenvalue weighted by molar-refractivity contribution is 5.84. The summed E-state index contributed by atoms with van der Waals surface area (Å²) in [4.78, 5) is 18.7. The highest BCUT2D eigenvalue weighted by Crippen LogP contribution is 2.43. The summed E-state index contributed by atoms with van der Waals surface area (Å²) >= 11 is 0. The Morgan fingerprint density at radius 3 is 2.96 bits per heavy atom. The number of aliphatic hydroxyl groups is 1. The van der Waals surface area contributed by atoms with Gasteiger partial charge in [-0.1, -0.05) is 13.3 Å². The first-order valence-corrected chi connectivity index (χ1v) is 9.02. The van der Waals surface area contributed by atoms with E-state index in [1.807, 2.05) is 29.2 Å². The van der Waals surface area contributed by atoms with Crippen molar-refractivity contribution in [1.29, 1.82) is 0 Å². The summed E-state index contributed by atoms with van der Waals surface area (Å²) in [5.74, 6) is 1.88. The number of fused-ring (bicyclic) bond motifs is 4. The predicted octanol–water partition coefficient (Wildman–Crippen LogP) is 2.92. The van der Waals surface area contributed by atoms with Crippen LogP contribution in [0.3, 0.4) is 0 Å². The van der Waals surface area contributed by atoms with Gasteiger partial charge in [-0.05, 0) is 48.1 Å². The van der Waals surface area contributed by atoms with Gasteiger partial charge in [0.15, 0.2) is 0 Å². The number of carbonyl (C=O) groups is 1. The van der Waals surface area contributed by atoms with E-state index in [1.54, 1.807) is 13.3 Å². The Morgan fingerprint density at radius 1 is 1.40 bits per heavy atom. The molecule has 0 unspecified atom stereocenters. The van der Waals surface area contributed by atoms with Gasteiger partial charge in [0.1, 0.15) is 11.9 Å². The molecule has 2 aromatic rings. The quantitative estimate of drug-likeness (QED) is 0.929. The summed E-state index contributed by atoms with van der Waals surface area (Å²) in [5.41, 5.74) is 1.65. The predicted molar refractivity (Wildman–Crippen MR) is 95.3 cm³/mol. The van der Waals surface area contributed by atoms with E-state index in [0.29, 0.717) is 18.3 Å². The van der Waals surface area contributed by atoms with Crippen LogP contribution in [0.5, 0.6) is 5.75 Å². The van der Waals surface area contributed by atoms with E-state index in [9.17, 15) is 9.90 Å². The average molecular weight is 340 g/mol.